The van der Waals surface area contributed by atoms with Crippen LogP contribution >= 0.6 is 15.9 Å². The van der Waals surface area contributed by atoms with E-state index in [1.807, 2.05) is 0 Å². The number of halogens is 3. The molecule has 0 aliphatic carbocycles. The van der Waals surface area contributed by atoms with E-state index in [0.717, 1.165) is 22.5 Å². The first-order valence-corrected chi connectivity index (χ1v) is 9.34. The van der Waals surface area contributed by atoms with Gasteiger partial charge in [0.1, 0.15) is 17.7 Å². The van der Waals surface area contributed by atoms with Gasteiger partial charge in [-0.05, 0) is 46.6 Å². The molecule has 0 saturated carbocycles. The molecule has 1 atom stereocenters. The maximum absolute atomic E-state index is 13.8. The Balaban J connectivity index is 1.79. The first kappa shape index (κ1) is 17.2. The summed E-state index contributed by atoms with van der Waals surface area (Å²) in [6.45, 7) is 0.115. The second-order valence-electron chi connectivity index (χ2n) is 5.23. The van der Waals surface area contributed by atoms with Crippen molar-refractivity contribution in [1.82, 2.24) is 9.29 Å². The van der Waals surface area contributed by atoms with Gasteiger partial charge in [0.15, 0.2) is 4.90 Å². The standard InChI is InChI=1S/C15H13BrF2N2O3S/c16-11-3-2-7-19-15(11)23-10-6-8-20(9-10)24(21,22)14-12(17)4-1-5-13(14)18/h1-5,7,10H,6,8-9H2. The molecule has 1 fully saturated rings. The van der Waals surface area contributed by atoms with Crippen molar-refractivity contribution in [2.45, 2.75) is 17.4 Å². The van der Waals surface area contributed by atoms with E-state index in [2.05, 4.69) is 20.9 Å². The van der Waals surface area contributed by atoms with Crippen LogP contribution in [0.5, 0.6) is 5.88 Å². The Bertz CT molecular complexity index is 843. The summed E-state index contributed by atoms with van der Waals surface area (Å²) in [5.41, 5.74) is 0. The van der Waals surface area contributed by atoms with Crippen molar-refractivity contribution < 1.29 is 21.9 Å². The van der Waals surface area contributed by atoms with Gasteiger partial charge in [0, 0.05) is 12.7 Å². The van der Waals surface area contributed by atoms with E-state index < -0.39 is 32.7 Å². The van der Waals surface area contributed by atoms with Crippen molar-refractivity contribution >= 4 is 26.0 Å². The minimum absolute atomic E-state index is 0.000871. The lowest BCUT2D eigenvalue weighted by atomic mass is 10.3. The summed E-state index contributed by atoms with van der Waals surface area (Å²) in [5, 5.41) is 0. The summed E-state index contributed by atoms with van der Waals surface area (Å²) in [4.78, 5) is 3.13. The molecule has 128 valence electrons. The summed E-state index contributed by atoms with van der Waals surface area (Å²) < 4.78 is 60.0. The molecule has 2 heterocycles. The van der Waals surface area contributed by atoms with Crippen LogP contribution in [0.2, 0.25) is 0 Å². The first-order chi connectivity index (χ1) is 11.4. The van der Waals surface area contributed by atoms with Crippen molar-refractivity contribution in [1.29, 1.82) is 0 Å². The van der Waals surface area contributed by atoms with E-state index in [9.17, 15) is 17.2 Å². The third kappa shape index (κ3) is 3.28. The molecule has 2 aromatic rings. The van der Waals surface area contributed by atoms with Crippen LogP contribution in [0.1, 0.15) is 6.42 Å². The van der Waals surface area contributed by atoms with Gasteiger partial charge in [-0.3, -0.25) is 0 Å². The number of benzene rings is 1. The predicted molar refractivity (Wildman–Crippen MR) is 86.1 cm³/mol. The van der Waals surface area contributed by atoms with E-state index in [4.69, 9.17) is 4.74 Å². The summed E-state index contributed by atoms with van der Waals surface area (Å²) in [6.07, 6.45) is 1.51. The lowest BCUT2D eigenvalue weighted by molar-refractivity contribution is 0.205. The average molecular weight is 419 g/mol. The number of hydrogen-bond acceptors (Lipinski definition) is 4. The fraction of sp³-hybridized carbons (Fsp3) is 0.267. The van der Waals surface area contributed by atoms with Crippen LogP contribution in [-0.4, -0.2) is 36.9 Å². The Morgan fingerprint density at radius 3 is 2.58 bits per heavy atom. The van der Waals surface area contributed by atoms with E-state index in [1.54, 1.807) is 18.3 Å². The van der Waals surface area contributed by atoms with Crippen molar-refractivity contribution in [2.24, 2.45) is 0 Å². The zero-order chi connectivity index (χ0) is 17.3. The number of rotatable bonds is 4. The van der Waals surface area contributed by atoms with E-state index in [0.29, 0.717) is 16.8 Å². The smallest absolute Gasteiger partial charge is 0.249 e. The van der Waals surface area contributed by atoms with Crippen LogP contribution in [0.15, 0.2) is 45.9 Å². The number of hydrogen-bond donors (Lipinski definition) is 0. The maximum atomic E-state index is 13.8. The highest BCUT2D eigenvalue weighted by atomic mass is 79.9. The van der Waals surface area contributed by atoms with Crippen molar-refractivity contribution in [3.63, 3.8) is 0 Å². The number of aromatic nitrogens is 1. The van der Waals surface area contributed by atoms with Crippen LogP contribution in [-0.2, 0) is 10.0 Å². The second kappa shape index (κ2) is 6.73. The van der Waals surface area contributed by atoms with Crippen LogP contribution in [0.25, 0.3) is 0 Å². The predicted octanol–water partition coefficient (Wildman–Crippen LogP) is 2.96. The van der Waals surface area contributed by atoms with Gasteiger partial charge in [-0.1, -0.05) is 6.07 Å². The van der Waals surface area contributed by atoms with Gasteiger partial charge in [0.05, 0.1) is 11.0 Å². The molecule has 1 aromatic heterocycles. The van der Waals surface area contributed by atoms with Crippen LogP contribution < -0.4 is 4.74 Å². The Hall–Kier alpha value is -1.58. The molecule has 0 bridgehead atoms. The van der Waals surface area contributed by atoms with Crippen molar-refractivity contribution in [3.05, 3.63) is 52.6 Å². The lowest BCUT2D eigenvalue weighted by Crippen LogP contribution is -2.32. The van der Waals surface area contributed by atoms with Crippen LogP contribution in [0, 0.1) is 11.6 Å². The molecular weight excluding hydrogens is 406 g/mol. The molecular formula is C15H13BrF2N2O3S. The molecule has 9 heteroatoms. The highest BCUT2D eigenvalue weighted by molar-refractivity contribution is 9.10. The Morgan fingerprint density at radius 2 is 1.92 bits per heavy atom. The summed E-state index contributed by atoms with van der Waals surface area (Å²) >= 11 is 3.30. The molecule has 1 unspecified atom stereocenters. The van der Waals surface area contributed by atoms with Gasteiger partial charge in [-0.15, -0.1) is 0 Å². The third-order valence-electron chi connectivity index (χ3n) is 3.63. The number of sulfonamides is 1. The third-order valence-corrected chi connectivity index (χ3v) is 6.15. The quantitative estimate of drug-likeness (QED) is 0.765. The molecule has 1 aromatic carbocycles. The molecule has 3 rings (SSSR count). The largest absolute Gasteiger partial charge is 0.472 e. The number of pyridine rings is 1. The molecule has 5 nitrogen and oxygen atoms in total. The fourth-order valence-electron chi connectivity index (χ4n) is 2.49. The zero-order valence-corrected chi connectivity index (χ0v) is 14.7. The SMILES string of the molecule is O=S(=O)(c1c(F)cccc1F)N1CCC(Oc2ncccc2Br)C1. The van der Waals surface area contributed by atoms with Crippen molar-refractivity contribution in [3.8, 4) is 5.88 Å². The number of nitrogens with zero attached hydrogens (tertiary/aromatic N) is 2. The van der Waals surface area contributed by atoms with Gasteiger partial charge < -0.3 is 4.74 Å². The monoisotopic (exact) mass is 418 g/mol. The minimum Gasteiger partial charge on any atom is -0.472 e. The zero-order valence-electron chi connectivity index (χ0n) is 12.3. The van der Waals surface area contributed by atoms with E-state index in [-0.39, 0.29) is 13.1 Å². The highest BCUT2D eigenvalue weighted by Gasteiger charge is 2.37. The van der Waals surface area contributed by atoms with Gasteiger partial charge in [0.25, 0.3) is 0 Å². The molecule has 0 amide bonds. The number of ether oxygens (including phenoxy) is 1. The topological polar surface area (TPSA) is 59.5 Å². The Morgan fingerprint density at radius 1 is 1.21 bits per heavy atom. The maximum Gasteiger partial charge on any atom is 0.249 e. The average Bonchev–Trinajstić information content (AvgIpc) is 2.99. The summed E-state index contributed by atoms with van der Waals surface area (Å²) in [5.74, 6) is -1.86. The van der Waals surface area contributed by atoms with Gasteiger partial charge in [-0.25, -0.2) is 22.2 Å². The first-order valence-electron chi connectivity index (χ1n) is 7.11. The Labute approximate surface area is 146 Å². The lowest BCUT2D eigenvalue weighted by Gasteiger charge is -2.18. The van der Waals surface area contributed by atoms with Crippen molar-refractivity contribution in [2.75, 3.05) is 13.1 Å². The van der Waals surface area contributed by atoms with Gasteiger partial charge >= 0.3 is 0 Å². The van der Waals surface area contributed by atoms with Crippen LogP contribution in [0.3, 0.4) is 0 Å². The molecule has 1 aliphatic rings. The molecule has 0 radical (unpaired) electrons. The molecule has 0 spiro atoms. The van der Waals surface area contributed by atoms with Gasteiger partial charge in [-0.2, -0.15) is 4.31 Å². The molecule has 24 heavy (non-hydrogen) atoms. The highest BCUT2D eigenvalue weighted by Crippen LogP contribution is 2.28. The fourth-order valence-corrected chi connectivity index (χ4v) is 4.43. The van der Waals surface area contributed by atoms with Gasteiger partial charge in [0.2, 0.25) is 15.9 Å². The summed E-state index contributed by atoms with van der Waals surface area (Å²) in [7, 11) is -4.26. The minimum atomic E-state index is -4.26. The van der Waals surface area contributed by atoms with Crippen LogP contribution in [0.4, 0.5) is 8.78 Å². The molecule has 1 aliphatic heterocycles. The molecule has 1 saturated heterocycles. The molecule has 0 N–H and O–H groups in total. The second-order valence-corrected chi connectivity index (χ2v) is 7.96. The summed E-state index contributed by atoms with van der Waals surface area (Å²) in [6, 6.07) is 6.44. The Kier molecular flexibility index (Phi) is 4.84. The van der Waals surface area contributed by atoms with E-state index in [1.165, 1.54) is 0 Å². The normalized spacial score (nSPS) is 18.7. The van der Waals surface area contributed by atoms with E-state index >= 15 is 0 Å².